The molecule has 1 amide bonds. The first-order valence-corrected chi connectivity index (χ1v) is 10.8. The lowest BCUT2D eigenvalue weighted by Crippen LogP contribution is -2.41. The first-order chi connectivity index (χ1) is 14.4. The van der Waals surface area contributed by atoms with Gasteiger partial charge in [-0.3, -0.25) is 4.79 Å². The summed E-state index contributed by atoms with van der Waals surface area (Å²) in [5.41, 5.74) is 7.43. The summed E-state index contributed by atoms with van der Waals surface area (Å²) >= 11 is 1.41. The van der Waals surface area contributed by atoms with E-state index in [1.807, 2.05) is 68.8 Å². The van der Waals surface area contributed by atoms with Crippen LogP contribution in [0.15, 0.2) is 47.6 Å². The molecule has 0 saturated heterocycles. The number of benzene rings is 2. The predicted molar refractivity (Wildman–Crippen MR) is 119 cm³/mol. The van der Waals surface area contributed by atoms with Crippen LogP contribution in [0.4, 0.5) is 5.69 Å². The van der Waals surface area contributed by atoms with Crippen molar-refractivity contribution in [2.45, 2.75) is 44.1 Å². The average Bonchev–Trinajstić information content (AvgIpc) is 3.07. The minimum atomic E-state index is -0.417. The quantitative estimate of drug-likeness (QED) is 0.646. The lowest BCUT2D eigenvalue weighted by Gasteiger charge is -2.32. The van der Waals surface area contributed by atoms with Gasteiger partial charge in [-0.25, -0.2) is 4.68 Å². The number of rotatable bonds is 5. The molecule has 0 radical (unpaired) electrons. The Morgan fingerprint density at radius 2 is 1.83 bits per heavy atom. The molecule has 0 aliphatic carbocycles. The molecule has 0 saturated carbocycles. The summed E-state index contributed by atoms with van der Waals surface area (Å²) < 4.78 is 7.40. The fraction of sp³-hybridized carbons (Fsp3) is 0.318. The Labute approximate surface area is 180 Å². The molecule has 0 bridgehead atoms. The second-order valence-electron chi connectivity index (χ2n) is 7.38. The predicted octanol–water partition coefficient (Wildman–Crippen LogP) is 4.00. The molecular formula is C22H25N5O2S. The van der Waals surface area contributed by atoms with Crippen LogP contribution in [-0.4, -0.2) is 32.6 Å². The van der Waals surface area contributed by atoms with E-state index in [-0.39, 0.29) is 11.9 Å². The van der Waals surface area contributed by atoms with Crippen molar-refractivity contribution in [3.05, 3.63) is 65.0 Å². The van der Waals surface area contributed by atoms with E-state index in [1.165, 1.54) is 11.8 Å². The van der Waals surface area contributed by atoms with Gasteiger partial charge in [0.05, 0.1) is 12.6 Å². The molecule has 3 aromatic rings. The Morgan fingerprint density at radius 3 is 2.50 bits per heavy atom. The largest absolute Gasteiger partial charge is 0.494 e. The summed E-state index contributed by atoms with van der Waals surface area (Å²) in [7, 11) is 0. The molecular weight excluding hydrogens is 398 g/mol. The average molecular weight is 424 g/mol. The number of nitrogens with one attached hydrogen (secondary N) is 2. The highest BCUT2D eigenvalue weighted by molar-refractivity contribution is 8.00. The summed E-state index contributed by atoms with van der Waals surface area (Å²) in [5, 5.41) is 11.7. The van der Waals surface area contributed by atoms with E-state index in [0.717, 1.165) is 34.0 Å². The number of hydrogen-bond donors (Lipinski definition) is 2. The SMILES string of the molecule is CCOc1ccc([C@H]2Nn3c(C)nnc3S[C@H]2C(=O)Nc2cc(C)cc(C)c2)cc1. The molecule has 0 spiro atoms. The second-order valence-corrected chi connectivity index (χ2v) is 8.49. The maximum Gasteiger partial charge on any atom is 0.240 e. The van der Waals surface area contributed by atoms with Crippen LogP contribution in [0.5, 0.6) is 5.75 Å². The molecule has 0 unspecified atom stereocenters. The number of anilines is 1. The molecule has 30 heavy (non-hydrogen) atoms. The number of nitrogens with zero attached hydrogens (tertiary/aromatic N) is 3. The molecule has 2 N–H and O–H groups in total. The van der Waals surface area contributed by atoms with Crippen molar-refractivity contribution in [2.24, 2.45) is 0 Å². The van der Waals surface area contributed by atoms with Gasteiger partial charge in [-0.1, -0.05) is 30.0 Å². The van der Waals surface area contributed by atoms with Crippen molar-refractivity contribution in [2.75, 3.05) is 17.3 Å². The fourth-order valence-corrected chi connectivity index (χ4v) is 4.73. The Hall–Kier alpha value is -3.00. The number of ether oxygens (including phenoxy) is 1. The third-order valence-corrected chi connectivity index (χ3v) is 6.11. The van der Waals surface area contributed by atoms with Gasteiger partial charge in [-0.2, -0.15) is 0 Å². The molecule has 1 aliphatic rings. The minimum Gasteiger partial charge on any atom is -0.494 e. The zero-order valence-electron chi connectivity index (χ0n) is 17.5. The summed E-state index contributed by atoms with van der Waals surface area (Å²) in [5.74, 6) is 1.48. The van der Waals surface area contributed by atoms with Gasteiger partial charge in [0.25, 0.3) is 0 Å². The van der Waals surface area contributed by atoms with Gasteiger partial charge in [0, 0.05) is 5.69 Å². The topological polar surface area (TPSA) is 81.1 Å². The van der Waals surface area contributed by atoms with Crippen molar-refractivity contribution in [1.29, 1.82) is 0 Å². The summed E-state index contributed by atoms with van der Waals surface area (Å²) in [6.07, 6.45) is 0. The standard InChI is InChI=1S/C22H25N5O2S/c1-5-29-18-8-6-16(7-9-18)19-20(30-22-25-24-15(4)27(22)26-19)21(28)23-17-11-13(2)10-14(3)12-17/h6-12,19-20,26H,5H2,1-4H3,(H,23,28)/t19-,20-/m1/s1. The van der Waals surface area contributed by atoms with Crippen LogP contribution in [0.3, 0.4) is 0 Å². The third kappa shape index (κ3) is 4.14. The van der Waals surface area contributed by atoms with Gasteiger partial charge in [0.2, 0.25) is 11.1 Å². The fourth-order valence-electron chi connectivity index (χ4n) is 3.61. The van der Waals surface area contributed by atoms with Crippen molar-refractivity contribution in [1.82, 2.24) is 14.9 Å². The van der Waals surface area contributed by atoms with Crippen LogP contribution in [0.2, 0.25) is 0 Å². The number of carbonyl (C=O) groups excluding carboxylic acids is 1. The number of thioether (sulfide) groups is 1. The maximum absolute atomic E-state index is 13.3. The van der Waals surface area contributed by atoms with Gasteiger partial charge in [-0.05, 0) is 68.7 Å². The normalized spacial score (nSPS) is 17.7. The van der Waals surface area contributed by atoms with Crippen LogP contribution in [0, 0.1) is 20.8 Å². The Bertz CT molecular complexity index is 1040. The summed E-state index contributed by atoms with van der Waals surface area (Å²) in [6, 6.07) is 13.6. The molecule has 7 nitrogen and oxygen atoms in total. The molecule has 2 atom stereocenters. The summed E-state index contributed by atoms with van der Waals surface area (Å²) in [4.78, 5) is 13.3. The molecule has 156 valence electrons. The van der Waals surface area contributed by atoms with E-state index in [4.69, 9.17) is 4.74 Å². The number of aromatic nitrogens is 3. The number of hydrogen-bond acceptors (Lipinski definition) is 6. The Kier molecular flexibility index (Phi) is 5.67. The van der Waals surface area contributed by atoms with Crippen LogP contribution >= 0.6 is 11.8 Å². The van der Waals surface area contributed by atoms with E-state index in [2.05, 4.69) is 27.0 Å². The maximum atomic E-state index is 13.3. The number of aryl methyl sites for hydroxylation is 3. The van der Waals surface area contributed by atoms with E-state index < -0.39 is 5.25 Å². The second kappa shape index (κ2) is 8.39. The lowest BCUT2D eigenvalue weighted by atomic mass is 10.0. The summed E-state index contributed by atoms with van der Waals surface area (Å²) in [6.45, 7) is 8.49. The zero-order valence-corrected chi connectivity index (χ0v) is 18.3. The van der Waals surface area contributed by atoms with Gasteiger partial charge in [0.15, 0.2) is 0 Å². The molecule has 1 aliphatic heterocycles. The Morgan fingerprint density at radius 1 is 1.13 bits per heavy atom. The van der Waals surface area contributed by atoms with Gasteiger partial charge in [0.1, 0.15) is 16.8 Å². The van der Waals surface area contributed by atoms with Crippen molar-refractivity contribution in [3.63, 3.8) is 0 Å². The molecule has 2 heterocycles. The Balaban J connectivity index is 1.64. The van der Waals surface area contributed by atoms with Gasteiger partial charge < -0.3 is 15.5 Å². The van der Waals surface area contributed by atoms with Crippen LogP contribution < -0.4 is 15.5 Å². The van der Waals surface area contributed by atoms with Crippen molar-refractivity contribution < 1.29 is 9.53 Å². The van der Waals surface area contributed by atoms with E-state index >= 15 is 0 Å². The molecule has 1 aromatic heterocycles. The number of carbonyl (C=O) groups is 1. The van der Waals surface area contributed by atoms with E-state index in [1.54, 1.807) is 0 Å². The molecule has 0 fully saturated rings. The van der Waals surface area contributed by atoms with E-state index in [0.29, 0.717) is 11.8 Å². The van der Waals surface area contributed by atoms with E-state index in [9.17, 15) is 4.79 Å². The first kappa shape index (κ1) is 20.3. The van der Waals surface area contributed by atoms with Gasteiger partial charge >= 0.3 is 0 Å². The van der Waals surface area contributed by atoms with Crippen molar-refractivity contribution >= 4 is 23.4 Å². The van der Waals surface area contributed by atoms with Crippen LogP contribution in [0.25, 0.3) is 0 Å². The molecule has 2 aromatic carbocycles. The van der Waals surface area contributed by atoms with Crippen LogP contribution in [0.1, 0.15) is 35.5 Å². The highest BCUT2D eigenvalue weighted by atomic mass is 32.2. The number of amides is 1. The van der Waals surface area contributed by atoms with Gasteiger partial charge in [-0.15, -0.1) is 10.2 Å². The number of fused-ring (bicyclic) bond motifs is 1. The highest BCUT2D eigenvalue weighted by Crippen LogP contribution is 2.38. The van der Waals surface area contributed by atoms with Crippen molar-refractivity contribution in [3.8, 4) is 5.75 Å². The lowest BCUT2D eigenvalue weighted by molar-refractivity contribution is -0.116. The van der Waals surface area contributed by atoms with Crippen LogP contribution in [-0.2, 0) is 4.79 Å². The minimum absolute atomic E-state index is 0.0803. The third-order valence-electron chi connectivity index (χ3n) is 4.90. The monoisotopic (exact) mass is 423 g/mol. The first-order valence-electron chi connectivity index (χ1n) is 9.91. The highest BCUT2D eigenvalue weighted by Gasteiger charge is 2.37. The zero-order chi connectivity index (χ0) is 21.3. The molecule has 4 rings (SSSR count). The molecule has 8 heteroatoms. The smallest absolute Gasteiger partial charge is 0.240 e.